The van der Waals surface area contributed by atoms with Crippen molar-refractivity contribution in [1.82, 2.24) is 25.1 Å². The Kier molecular flexibility index (Phi) is 5.96. The zero-order chi connectivity index (χ0) is 20.3. The van der Waals surface area contributed by atoms with E-state index in [1.165, 1.54) is 0 Å². The lowest BCUT2D eigenvalue weighted by Crippen LogP contribution is -2.39. The van der Waals surface area contributed by atoms with Crippen molar-refractivity contribution in [3.05, 3.63) is 53.3 Å². The number of pyridine rings is 1. The number of carbonyl (C=O) groups excluding carboxylic acids is 2. The number of amides is 3. The zero-order valence-corrected chi connectivity index (χ0v) is 16.7. The molecule has 3 N–H and O–H groups in total. The van der Waals surface area contributed by atoms with Crippen LogP contribution in [0.15, 0.2) is 47.9 Å². The average Bonchev–Trinajstić information content (AvgIpc) is 3.07. The number of thioether (sulfide) groups is 1. The van der Waals surface area contributed by atoms with E-state index in [-0.39, 0.29) is 0 Å². The lowest BCUT2D eigenvalue weighted by atomic mass is 10.2. The van der Waals surface area contributed by atoms with Gasteiger partial charge >= 0.3 is 6.03 Å². The van der Waals surface area contributed by atoms with E-state index in [9.17, 15) is 9.59 Å². The Balaban J connectivity index is 2.09. The minimum absolute atomic E-state index is 0.476. The van der Waals surface area contributed by atoms with Crippen LogP contribution >= 0.6 is 23.4 Å². The fraction of sp³-hybridized carbons (Fsp3) is 0.167. The molecule has 0 aliphatic carbocycles. The summed E-state index contributed by atoms with van der Waals surface area (Å²) in [5.41, 5.74) is 7.47. The number of imide groups is 1. The fourth-order valence-corrected chi connectivity index (χ4v) is 3.55. The predicted molar refractivity (Wildman–Crippen MR) is 107 cm³/mol. The molecule has 0 saturated carbocycles. The molecule has 0 spiro atoms. The minimum atomic E-state index is -0.901. The van der Waals surface area contributed by atoms with Crippen LogP contribution in [-0.4, -0.2) is 36.9 Å². The lowest BCUT2D eigenvalue weighted by Gasteiger charge is -2.15. The predicted octanol–water partition coefficient (Wildman–Crippen LogP) is 2.97. The topological polar surface area (TPSA) is 116 Å². The van der Waals surface area contributed by atoms with Gasteiger partial charge in [-0.2, -0.15) is 0 Å². The maximum atomic E-state index is 12.1. The van der Waals surface area contributed by atoms with Gasteiger partial charge in [0.1, 0.15) is 0 Å². The van der Waals surface area contributed by atoms with Gasteiger partial charge in [0.15, 0.2) is 11.0 Å². The first-order valence-electron chi connectivity index (χ1n) is 8.26. The molecule has 10 heteroatoms. The highest BCUT2D eigenvalue weighted by Gasteiger charge is 2.23. The molecule has 3 aromatic rings. The second-order valence-corrected chi connectivity index (χ2v) is 7.59. The molecule has 0 saturated heterocycles. The first-order chi connectivity index (χ1) is 13.4. The van der Waals surface area contributed by atoms with Crippen molar-refractivity contribution >= 4 is 35.3 Å². The summed E-state index contributed by atoms with van der Waals surface area (Å²) in [6.07, 6.45) is 3.32. The fourth-order valence-electron chi connectivity index (χ4n) is 2.52. The molecule has 0 aliphatic heterocycles. The van der Waals surface area contributed by atoms with Crippen LogP contribution in [0.3, 0.4) is 0 Å². The van der Waals surface area contributed by atoms with E-state index in [2.05, 4.69) is 20.5 Å². The van der Waals surface area contributed by atoms with Gasteiger partial charge in [-0.15, -0.1) is 10.2 Å². The van der Waals surface area contributed by atoms with E-state index in [4.69, 9.17) is 17.3 Å². The van der Waals surface area contributed by atoms with Crippen LogP contribution in [0.4, 0.5) is 4.79 Å². The highest BCUT2D eigenvalue weighted by molar-refractivity contribution is 8.00. The van der Waals surface area contributed by atoms with Crippen molar-refractivity contribution in [2.75, 3.05) is 0 Å². The van der Waals surface area contributed by atoms with Crippen molar-refractivity contribution in [2.24, 2.45) is 5.73 Å². The molecule has 1 aromatic carbocycles. The summed E-state index contributed by atoms with van der Waals surface area (Å²) in [6.45, 7) is 3.55. The molecule has 28 heavy (non-hydrogen) atoms. The summed E-state index contributed by atoms with van der Waals surface area (Å²) in [4.78, 5) is 27.1. The zero-order valence-electron chi connectivity index (χ0n) is 15.1. The summed E-state index contributed by atoms with van der Waals surface area (Å²) in [5, 5.41) is 11.1. The Labute approximate surface area is 170 Å². The Morgan fingerprint density at radius 2 is 1.93 bits per heavy atom. The second kappa shape index (κ2) is 8.41. The molecule has 1 atom stereocenters. The Bertz CT molecular complexity index is 1020. The summed E-state index contributed by atoms with van der Waals surface area (Å²) in [5.74, 6) is 0.0677. The van der Waals surface area contributed by atoms with E-state index < -0.39 is 17.2 Å². The maximum absolute atomic E-state index is 12.1. The third kappa shape index (κ3) is 4.15. The molecule has 8 nitrogen and oxygen atoms in total. The normalized spacial score (nSPS) is 11.8. The highest BCUT2D eigenvalue weighted by Crippen LogP contribution is 2.32. The smallest absolute Gasteiger partial charge is 0.318 e. The number of benzene rings is 1. The number of urea groups is 1. The molecule has 3 rings (SSSR count). The van der Waals surface area contributed by atoms with Crippen molar-refractivity contribution in [2.45, 2.75) is 24.3 Å². The van der Waals surface area contributed by atoms with E-state index >= 15 is 0 Å². The number of nitrogens with zero attached hydrogens (tertiary/aromatic N) is 4. The van der Waals surface area contributed by atoms with Crippen LogP contribution in [0.25, 0.3) is 17.1 Å². The van der Waals surface area contributed by atoms with Gasteiger partial charge in [0, 0.05) is 23.0 Å². The number of rotatable bonds is 5. The molecule has 0 aliphatic rings. The van der Waals surface area contributed by atoms with E-state index in [1.54, 1.807) is 25.4 Å². The molecule has 0 radical (unpaired) electrons. The average molecular weight is 417 g/mol. The lowest BCUT2D eigenvalue weighted by molar-refractivity contribution is -0.119. The Hall–Kier alpha value is -2.91. The second-order valence-electron chi connectivity index (χ2n) is 5.88. The quantitative estimate of drug-likeness (QED) is 0.617. The van der Waals surface area contributed by atoms with Gasteiger partial charge in [-0.1, -0.05) is 29.4 Å². The molecule has 2 aromatic heterocycles. The largest absolute Gasteiger partial charge is 0.351 e. The number of carbonyl (C=O) groups is 2. The molecule has 3 amide bonds. The van der Waals surface area contributed by atoms with Gasteiger partial charge in [0.2, 0.25) is 5.91 Å². The maximum Gasteiger partial charge on any atom is 0.318 e. The molecule has 144 valence electrons. The van der Waals surface area contributed by atoms with Crippen LogP contribution in [0.1, 0.15) is 12.5 Å². The minimum Gasteiger partial charge on any atom is -0.351 e. The summed E-state index contributed by atoms with van der Waals surface area (Å²) in [6, 6.07) is 8.26. The standard InChI is InChI=1S/C18H17ClN6O2S/c1-10-13(19)4-3-5-14(10)25-15(12-6-8-21-9-7-12)23-24-18(25)28-11(2)16(26)22-17(20)27/h3-9,11H,1-2H3,(H3,20,22,26,27)/t11-/m1/s1. The monoisotopic (exact) mass is 416 g/mol. The number of nitrogens with one attached hydrogen (secondary N) is 1. The Morgan fingerprint density at radius 1 is 1.21 bits per heavy atom. The molecular formula is C18H17ClN6O2S. The van der Waals surface area contributed by atoms with Crippen LogP contribution in [-0.2, 0) is 4.79 Å². The third-order valence-corrected chi connectivity index (χ3v) is 5.40. The van der Waals surface area contributed by atoms with E-state index in [0.29, 0.717) is 16.0 Å². The number of hydrogen-bond acceptors (Lipinski definition) is 6. The Morgan fingerprint density at radius 3 is 2.61 bits per heavy atom. The molecule has 2 heterocycles. The summed E-state index contributed by atoms with van der Waals surface area (Å²) < 4.78 is 1.83. The van der Waals surface area contributed by atoms with Gasteiger partial charge < -0.3 is 5.73 Å². The highest BCUT2D eigenvalue weighted by atomic mass is 35.5. The molecule has 0 unspecified atom stereocenters. The van der Waals surface area contributed by atoms with Crippen molar-refractivity contribution in [1.29, 1.82) is 0 Å². The number of primary amides is 1. The third-order valence-electron chi connectivity index (χ3n) is 3.95. The van der Waals surface area contributed by atoms with E-state index in [0.717, 1.165) is 28.6 Å². The number of nitrogens with two attached hydrogens (primary N) is 1. The van der Waals surface area contributed by atoms with Gasteiger partial charge in [-0.05, 0) is 43.7 Å². The van der Waals surface area contributed by atoms with Gasteiger partial charge in [-0.25, -0.2) is 4.79 Å². The van der Waals surface area contributed by atoms with Gasteiger partial charge in [0.25, 0.3) is 0 Å². The van der Waals surface area contributed by atoms with Crippen LogP contribution in [0.2, 0.25) is 5.02 Å². The molecule has 0 bridgehead atoms. The van der Waals surface area contributed by atoms with Crippen LogP contribution in [0, 0.1) is 6.92 Å². The van der Waals surface area contributed by atoms with Crippen LogP contribution < -0.4 is 11.1 Å². The SMILES string of the molecule is Cc1c(Cl)cccc1-n1c(S[C@H](C)C(=O)NC(N)=O)nnc1-c1ccncc1. The van der Waals surface area contributed by atoms with Crippen molar-refractivity contribution in [3.63, 3.8) is 0 Å². The van der Waals surface area contributed by atoms with Crippen LogP contribution in [0.5, 0.6) is 0 Å². The number of aromatic nitrogens is 4. The van der Waals surface area contributed by atoms with Crippen molar-refractivity contribution < 1.29 is 9.59 Å². The molecular weight excluding hydrogens is 400 g/mol. The summed E-state index contributed by atoms with van der Waals surface area (Å²) >= 11 is 7.46. The molecule has 0 fully saturated rings. The first-order valence-corrected chi connectivity index (χ1v) is 9.52. The number of halogens is 1. The summed E-state index contributed by atoms with van der Waals surface area (Å²) in [7, 11) is 0. The van der Waals surface area contributed by atoms with Gasteiger partial charge in [-0.3, -0.25) is 19.7 Å². The first kappa shape index (κ1) is 19.8. The number of hydrogen-bond donors (Lipinski definition) is 2. The van der Waals surface area contributed by atoms with Crippen molar-refractivity contribution in [3.8, 4) is 17.1 Å². The van der Waals surface area contributed by atoms with E-state index in [1.807, 2.05) is 35.8 Å². The van der Waals surface area contributed by atoms with Gasteiger partial charge in [0.05, 0.1) is 10.9 Å².